The van der Waals surface area contributed by atoms with E-state index >= 15 is 0 Å². The number of hydrogen-bond donors (Lipinski definition) is 3. The number of pyridine rings is 1. The number of nitrogen functional groups attached to an aromatic ring is 1. The minimum atomic E-state index is -0.461. The van der Waals surface area contributed by atoms with E-state index in [1.54, 1.807) is 0 Å². The molecular weight excluding hydrogens is 242 g/mol. The maximum absolute atomic E-state index is 10.7. The van der Waals surface area contributed by atoms with Crippen LogP contribution in [0.5, 0.6) is 0 Å². The van der Waals surface area contributed by atoms with Crippen LogP contribution in [0.1, 0.15) is 6.42 Å². The van der Waals surface area contributed by atoms with E-state index < -0.39 is 4.92 Å². The molecule has 1 unspecified atom stereocenters. The Labute approximate surface area is 102 Å². The number of hydrogen-bond acceptors (Lipinski definition) is 7. The Kier molecular flexibility index (Phi) is 3.64. The normalized spacial score (nSPS) is 19.0. The zero-order valence-electron chi connectivity index (χ0n) is 9.05. The Morgan fingerprint density at radius 1 is 1.53 bits per heavy atom. The van der Waals surface area contributed by atoms with Crippen molar-refractivity contribution in [3.8, 4) is 0 Å². The second kappa shape index (κ2) is 5.19. The summed E-state index contributed by atoms with van der Waals surface area (Å²) in [5.41, 5.74) is 2.30. The molecule has 0 bridgehead atoms. The van der Waals surface area contributed by atoms with Crippen LogP contribution in [0.15, 0.2) is 12.1 Å². The molecule has 0 amide bonds. The number of aromatic nitrogens is 1. The van der Waals surface area contributed by atoms with E-state index in [0.717, 1.165) is 17.9 Å². The van der Waals surface area contributed by atoms with Crippen LogP contribution < -0.4 is 16.6 Å². The predicted molar refractivity (Wildman–Crippen MR) is 68.1 cm³/mol. The highest BCUT2D eigenvalue weighted by atomic mass is 32.2. The molecule has 0 aliphatic carbocycles. The van der Waals surface area contributed by atoms with E-state index in [2.05, 4.69) is 15.7 Å². The first-order valence-corrected chi connectivity index (χ1v) is 6.32. The van der Waals surface area contributed by atoms with E-state index in [-0.39, 0.29) is 11.5 Å². The van der Waals surface area contributed by atoms with Crippen LogP contribution in [0, 0.1) is 10.1 Å². The molecule has 1 aromatic rings. The van der Waals surface area contributed by atoms with E-state index in [4.69, 9.17) is 5.84 Å². The molecule has 1 atom stereocenters. The molecule has 1 saturated heterocycles. The second-order valence-electron chi connectivity index (χ2n) is 3.70. The summed E-state index contributed by atoms with van der Waals surface area (Å²) in [4.78, 5) is 14.4. The topological polar surface area (TPSA) is 106 Å². The van der Waals surface area contributed by atoms with Crippen LogP contribution in [-0.2, 0) is 0 Å². The molecule has 0 saturated carbocycles. The van der Waals surface area contributed by atoms with Gasteiger partial charge in [-0.1, -0.05) is 0 Å². The number of rotatable bonds is 4. The standard InChI is InChI=1S/C9H13N5O2S/c10-13-9-4-7(14(15)16)3-8(12-9)11-6-1-2-17-5-6/h3-4,6H,1-2,5,10H2,(H2,11,12,13). The Balaban J connectivity index is 2.19. The van der Waals surface area contributed by atoms with Gasteiger partial charge in [0, 0.05) is 11.8 Å². The maximum atomic E-state index is 10.7. The SMILES string of the molecule is NNc1cc([N+](=O)[O-])cc(NC2CCSC2)n1. The van der Waals surface area contributed by atoms with Crippen LogP contribution in [0.3, 0.4) is 0 Å². The molecule has 0 radical (unpaired) electrons. The number of nitro groups is 1. The van der Waals surface area contributed by atoms with Crippen molar-refractivity contribution in [2.24, 2.45) is 5.84 Å². The average Bonchev–Trinajstić information content (AvgIpc) is 2.81. The fourth-order valence-corrected chi connectivity index (χ4v) is 2.78. The summed E-state index contributed by atoms with van der Waals surface area (Å²) < 4.78 is 0. The van der Waals surface area contributed by atoms with Crippen molar-refractivity contribution in [1.82, 2.24) is 4.98 Å². The number of nitrogens with zero attached hydrogens (tertiary/aromatic N) is 2. The summed E-state index contributed by atoms with van der Waals surface area (Å²) in [6.45, 7) is 0. The molecule has 4 N–H and O–H groups in total. The molecule has 1 fully saturated rings. The third-order valence-corrected chi connectivity index (χ3v) is 3.61. The lowest BCUT2D eigenvalue weighted by Gasteiger charge is -2.12. The van der Waals surface area contributed by atoms with Crippen molar-refractivity contribution in [2.75, 3.05) is 22.2 Å². The zero-order chi connectivity index (χ0) is 12.3. The molecule has 7 nitrogen and oxygen atoms in total. The fourth-order valence-electron chi connectivity index (χ4n) is 1.63. The minimum Gasteiger partial charge on any atom is -0.366 e. The highest BCUT2D eigenvalue weighted by Gasteiger charge is 2.17. The van der Waals surface area contributed by atoms with Crippen LogP contribution in [0.2, 0.25) is 0 Å². The van der Waals surface area contributed by atoms with Crippen LogP contribution in [0.4, 0.5) is 17.3 Å². The third kappa shape index (κ3) is 2.98. The van der Waals surface area contributed by atoms with Gasteiger partial charge in [-0.25, -0.2) is 10.8 Å². The third-order valence-electron chi connectivity index (χ3n) is 2.45. The summed E-state index contributed by atoms with van der Waals surface area (Å²) in [6.07, 6.45) is 1.04. The van der Waals surface area contributed by atoms with Gasteiger partial charge in [0.15, 0.2) is 0 Å². The molecule has 1 aromatic heterocycles. The molecular formula is C9H13N5O2S. The van der Waals surface area contributed by atoms with Gasteiger partial charge >= 0.3 is 0 Å². The highest BCUT2D eigenvalue weighted by molar-refractivity contribution is 7.99. The molecule has 1 aliphatic heterocycles. The fraction of sp³-hybridized carbons (Fsp3) is 0.444. The van der Waals surface area contributed by atoms with Gasteiger partial charge in [-0.3, -0.25) is 10.1 Å². The van der Waals surface area contributed by atoms with Crippen LogP contribution >= 0.6 is 11.8 Å². The van der Waals surface area contributed by atoms with Gasteiger partial charge in [-0.15, -0.1) is 0 Å². The van der Waals surface area contributed by atoms with Gasteiger partial charge in [0.25, 0.3) is 5.69 Å². The Hall–Kier alpha value is -1.54. The number of nitrogens with two attached hydrogens (primary N) is 1. The minimum absolute atomic E-state index is 0.0268. The van der Waals surface area contributed by atoms with Crippen molar-refractivity contribution >= 4 is 29.1 Å². The molecule has 0 aromatic carbocycles. The predicted octanol–water partition coefficient (Wildman–Crippen LogP) is 1.19. The molecule has 8 heteroatoms. The smallest absolute Gasteiger partial charge is 0.276 e. The van der Waals surface area contributed by atoms with Crippen molar-refractivity contribution in [2.45, 2.75) is 12.5 Å². The van der Waals surface area contributed by atoms with Crippen molar-refractivity contribution in [3.63, 3.8) is 0 Å². The first-order chi connectivity index (χ1) is 8.19. The quantitative estimate of drug-likeness (QED) is 0.421. The van der Waals surface area contributed by atoms with E-state index in [1.807, 2.05) is 11.8 Å². The van der Waals surface area contributed by atoms with Crippen molar-refractivity contribution in [3.05, 3.63) is 22.2 Å². The average molecular weight is 255 g/mol. The monoisotopic (exact) mass is 255 g/mol. The molecule has 17 heavy (non-hydrogen) atoms. The van der Waals surface area contributed by atoms with Gasteiger partial charge in [-0.05, 0) is 12.2 Å². The van der Waals surface area contributed by atoms with E-state index in [9.17, 15) is 10.1 Å². The summed E-state index contributed by atoms with van der Waals surface area (Å²) in [6, 6.07) is 3.04. The number of thioether (sulfide) groups is 1. The molecule has 1 aliphatic rings. The molecule has 0 spiro atoms. The van der Waals surface area contributed by atoms with Gasteiger partial charge in [0.05, 0.1) is 17.1 Å². The highest BCUT2D eigenvalue weighted by Crippen LogP contribution is 2.24. The van der Waals surface area contributed by atoms with Crippen molar-refractivity contribution < 1.29 is 4.92 Å². The lowest BCUT2D eigenvalue weighted by molar-refractivity contribution is -0.384. The number of nitrogens with one attached hydrogen (secondary N) is 2. The van der Waals surface area contributed by atoms with Gasteiger partial charge < -0.3 is 10.7 Å². The molecule has 92 valence electrons. The lowest BCUT2D eigenvalue weighted by Crippen LogP contribution is -2.19. The zero-order valence-corrected chi connectivity index (χ0v) is 9.87. The Morgan fingerprint density at radius 2 is 2.29 bits per heavy atom. The van der Waals surface area contributed by atoms with Gasteiger partial charge in [0.1, 0.15) is 11.6 Å². The molecule has 2 rings (SSSR count). The number of anilines is 2. The first-order valence-electron chi connectivity index (χ1n) is 5.16. The van der Waals surface area contributed by atoms with Gasteiger partial charge in [0.2, 0.25) is 0 Å². The van der Waals surface area contributed by atoms with E-state index in [1.165, 1.54) is 12.1 Å². The summed E-state index contributed by atoms with van der Waals surface area (Å²) in [7, 11) is 0. The largest absolute Gasteiger partial charge is 0.366 e. The first kappa shape index (κ1) is 11.9. The number of hydrazine groups is 1. The van der Waals surface area contributed by atoms with Crippen LogP contribution in [-0.4, -0.2) is 27.5 Å². The van der Waals surface area contributed by atoms with Crippen molar-refractivity contribution in [1.29, 1.82) is 0 Å². The maximum Gasteiger partial charge on any atom is 0.276 e. The molecule has 2 heterocycles. The second-order valence-corrected chi connectivity index (χ2v) is 4.85. The van der Waals surface area contributed by atoms with Crippen LogP contribution in [0.25, 0.3) is 0 Å². The van der Waals surface area contributed by atoms with Gasteiger partial charge in [-0.2, -0.15) is 11.8 Å². The summed E-state index contributed by atoms with van der Waals surface area (Å²) in [5.74, 6) is 8.10. The van der Waals surface area contributed by atoms with E-state index in [0.29, 0.717) is 11.9 Å². The summed E-state index contributed by atoms with van der Waals surface area (Å²) >= 11 is 1.86. The summed E-state index contributed by atoms with van der Waals surface area (Å²) in [5, 5.41) is 13.9. The Bertz CT molecular complexity index is 422. The lowest BCUT2D eigenvalue weighted by atomic mass is 10.2. The Morgan fingerprint density at radius 3 is 2.88 bits per heavy atom.